The molecule has 0 aliphatic carbocycles. The molecule has 2 amide bonds. The first kappa shape index (κ1) is 20.5. The van der Waals surface area contributed by atoms with Gasteiger partial charge in [0, 0.05) is 24.4 Å². The largest absolute Gasteiger partial charge is 0.490 e. The van der Waals surface area contributed by atoms with Crippen LogP contribution in [0.15, 0.2) is 36.4 Å². The number of nitrogens with one attached hydrogen (secondary N) is 1. The zero-order valence-corrected chi connectivity index (χ0v) is 15.9. The molecular formula is C17H15Cl2N3O5. The molecule has 0 aromatic heterocycles. The number of rotatable bonds is 6. The molecule has 0 saturated heterocycles. The molecule has 0 unspecified atom stereocenters. The van der Waals surface area contributed by atoms with Gasteiger partial charge in [-0.15, -0.1) is 0 Å². The topological polar surface area (TPSA) is 102 Å². The molecule has 142 valence electrons. The van der Waals surface area contributed by atoms with Crippen LogP contribution < -0.4 is 10.1 Å². The number of ether oxygens (including phenoxy) is 1. The van der Waals surface area contributed by atoms with E-state index < -0.39 is 16.7 Å². The van der Waals surface area contributed by atoms with E-state index in [9.17, 15) is 19.7 Å². The van der Waals surface area contributed by atoms with Gasteiger partial charge in [-0.2, -0.15) is 0 Å². The molecule has 2 rings (SSSR count). The second kappa shape index (κ2) is 8.70. The minimum Gasteiger partial charge on any atom is -0.490 e. The van der Waals surface area contributed by atoms with Crippen LogP contribution in [0.2, 0.25) is 10.0 Å². The van der Waals surface area contributed by atoms with Gasteiger partial charge in [0.15, 0.2) is 5.75 Å². The van der Waals surface area contributed by atoms with Crippen LogP contribution in [-0.4, -0.2) is 42.3 Å². The number of hydrogen-bond donors (Lipinski definition) is 1. The Morgan fingerprint density at radius 3 is 2.48 bits per heavy atom. The van der Waals surface area contributed by atoms with Crippen molar-refractivity contribution in [3.05, 3.63) is 62.1 Å². The van der Waals surface area contributed by atoms with Gasteiger partial charge in [0.2, 0.25) is 5.91 Å². The van der Waals surface area contributed by atoms with Crippen LogP contribution in [0, 0.1) is 10.1 Å². The Bertz CT molecular complexity index is 904. The van der Waals surface area contributed by atoms with E-state index in [0.29, 0.717) is 10.7 Å². The SMILES string of the molecule is COc1ccc(C(=O)N(C)CC(=O)Nc2ccc(Cl)c(Cl)c2)cc1[N+](=O)[O-]. The molecule has 1 N–H and O–H groups in total. The summed E-state index contributed by atoms with van der Waals surface area (Å²) >= 11 is 11.7. The van der Waals surface area contributed by atoms with Crippen molar-refractivity contribution in [2.45, 2.75) is 0 Å². The van der Waals surface area contributed by atoms with Gasteiger partial charge in [-0.05, 0) is 30.3 Å². The van der Waals surface area contributed by atoms with E-state index in [0.717, 1.165) is 11.0 Å². The highest BCUT2D eigenvalue weighted by atomic mass is 35.5. The first-order valence-corrected chi connectivity index (χ1v) is 8.31. The number of likely N-dealkylation sites (N-methyl/N-ethyl adjacent to an activating group) is 1. The van der Waals surface area contributed by atoms with Crippen molar-refractivity contribution in [1.29, 1.82) is 0 Å². The van der Waals surface area contributed by atoms with Gasteiger partial charge >= 0.3 is 5.69 Å². The van der Waals surface area contributed by atoms with Gasteiger partial charge in [-0.1, -0.05) is 23.2 Å². The lowest BCUT2D eigenvalue weighted by Gasteiger charge is -2.17. The van der Waals surface area contributed by atoms with Crippen LogP contribution in [0.4, 0.5) is 11.4 Å². The van der Waals surface area contributed by atoms with Crippen LogP contribution in [0.5, 0.6) is 5.75 Å². The molecule has 10 heteroatoms. The van der Waals surface area contributed by atoms with E-state index in [-0.39, 0.29) is 28.6 Å². The summed E-state index contributed by atoms with van der Waals surface area (Å²) in [5.41, 5.74) is 0.152. The fourth-order valence-corrected chi connectivity index (χ4v) is 2.55. The predicted octanol–water partition coefficient (Wildman–Crippen LogP) is 3.62. The molecule has 0 bridgehead atoms. The van der Waals surface area contributed by atoms with Crippen molar-refractivity contribution < 1.29 is 19.2 Å². The van der Waals surface area contributed by atoms with Gasteiger partial charge in [0.05, 0.1) is 28.6 Å². The van der Waals surface area contributed by atoms with Gasteiger partial charge < -0.3 is 15.0 Å². The molecule has 0 spiro atoms. The smallest absolute Gasteiger partial charge is 0.311 e. The van der Waals surface area contributed by atoms with Gasteiger partial charge in [-0.3, -0.25) is 19.7 Å². The van der Waals surface area contributed by atoms with E-state index >= 15 is 0 Å². The Balaban J connectivity index is 2.08. The number of hydrogen-bond acceptors (Lipinski definition) is 5. The summed E-state index contributed by atoms with van der Waals surface area (Å²) in [5, 5.41) is 14.3. The number of carbonyl (C=O) groups is 2. The molecule has 8 nitrogen and oxygen atoms in total. The van der Waals surface area contributed by atoms with Crippen molar-refractivity contribution in [2.24, 2.45) is 0 Å². The number of benzene rings is 2. The van der Waals surface area contributed by atoms with Gasteiger partial charge in [-0.25, -0.2) is 0 Å². The number of carbonyl (C=O) groups excluding carboxylic acids is 2. The van der Waals surface area contributed by atoms with Crippen molar-refractivity contribution in [1.82, 2.24) is 4.90 Å². The van der Waals surface area contributed by atoms with Gasteiger partial charge in [0.25, 0.3) is 5.91 Å². The molecule has 0 heterocycles. The summed E-state index contributed by atoms with van der Waals surface area (Å²) in [7, 11) is 2.70. The molecule has 0 radical (unpaired) electrons. The van der Waals surface area contributed by atoms with Crippen molar-refractivity contribution >= 4 is 46.4 Å². The maximum absolute atomic E-state index is 12.4. The standard InChI is InChI=1S/C17H15Cl2N3O5/c1-21(9-16(23)20-11-4-5-12(18)13(19)8-11)17(24)10-3-6-15(27-2)14(7-10)22(25)26/h3-8H,9H2,1-2H3,(H,20,23). The Labute approximate surface area is 164 Å². The Hall–Kier alpha value is -2.84. The van der Waals surface area contributed by atoms with Crippen molar-refractivity contribution in [3.63, 3.8) is 0 Å². The third-order valence-corrected chi connectivity index (χ3v) is 4.29. The van der Waals surface area contributed by atoms with E-state index in [2.05, 4.69) is 5.32 Å². The summed E-state index contributed by atoms with van der Waals surface area (Å²) < 4.78 is 4.90. The molecular weight excluding hydrogens is 397 g/mol. The zero-order chi connectivity index (χ0) is 20.1. The minimum absolute atomic E-state index is 0.0385. The second-order valence-electron chi connectivity index (χ2n) is 5.48. The van der Waals surface area contributed by atoms with Crippen molar-refractivity contribution in [2.75, 3.05) is 26.0 Å². The fourth-order valence-electron chi connectivity index (χ4n) is 2.25. The molecule has 2 aromatic carbocycles. The summed E-state index contributed by atoms with van der Waals surface area (Å²) in [6.07, 6.45) is 0. The normalized spacial score (nSPS) is 10.2. The average Bonchev–Trinajstić information content (AvgIpc) is 2.63. The quantitative estimate of drug-likeness (QED) is 0.577. The Kier molecular flexibility index (Phi) is 6.59. The number of halogens is 2. The van der Waals surface area contributed by atoms with Crippen LogP contribution in [-0.2, 0) is 4.79 Å². The summed E-state index contributed by atoms with van der Waals surface area (Å²) in [6, 6.07) is 8.41. The third kappa shape index (κ3) is 5.08. The first-order chi connectivity index (χ1) is 12.7. The molecule has 0 fully saturated rings. The van der Waals surface area contributed by atoms with E-state index in [4.69, 9.17) is 27.9 Å². The number of nitro benzene ring substituents is 1. The predicted molar refractivity (Wildman–Crippen MR) is 102 cm³/mol. The third-order valence-electron chi connectivity index (χ3n) is 3.55. The highest BCUT2D eigenvalue weighted by molar-refractivity contribution is 6.42. The van der Waals surface area contributed by atoms with E-state index in [1.165, 1.54) is 38.4 Å². The Morgan fingerprint density at radius 2 is 1.89 bits per heavy atom. The van der Waals surface area contributed by atoms with Crippen LogP contribution in [0.3, 0.4) is 0 Å². The molecule has 0 saturated carbocycles. The lowest BCUT2D eigenvalue weighted by Crippen LogP contribution is -2.34. The lowest BCUT2D eigenvalue weighted by molar-refractivity contribution is -0.385. The van der Waals surface area contributed by atoms with Crippen molar-refractivity contribution in [3.8, 4) is 5.75 Å². The molecule has 0 atom stereocenters. The maximum atomic E-state index is 12.4. The summed E-state index contributed by atoms with van der Waals surface area (Å²) in [5.74, 6) is -0.978. The van der Waals surface area contributed by atoms with E-state index in [1.54, 1.807) is 6.07 Å². The Morgan fingerprint density at radius 1 is 1.19 bits per heavy atom. The average molecular weight is 412 g/mol. The van der Waals surface area contributed by atoms with Crippen LogP contribution in [0.1, 0.15) is 10.4 Å². The number of amides is 2. The number of nitrogens with zero attached hydrogens (tertiary/aromatic N) is 2. The summed E-state index contributed by atoms with van der Waals surface area (Å²) in [6.45, 7) is -0.265. The molecule has 0 aliphatic rings. The highest BCUT2D eigenvalue weighted by Crippen LogP contribution is 2.28. The second-order valence-corrected chi connectivity index (χ2v) is 6.30. The maximum Gasteiger partial charge on any atom is 0.311 e. The van der Waals surface area contributed by atoms with Crippen LogP contribution in [0.25, 0.3) is 0 Å². The fraction of sp³-hybridized carbons (Fsp3) is 0.176. The monoisotopic (exact) mass is 411 g/mol. The summed E-state index contributed by atoms with van der Waals surface area (Å²) in [4.78, 5) is 36.1. The first-order valence-electron chi connectivity index (χ1n) is 7.55. The van der Waals surface area contributed by atoms with E-state index in [1.807, 2.05) is 0 Å². The number of anilines is 1. The lowest BCUT2D eigenvalue weighted by atomic mass is 10.1. The minimum atomic E-state index is -0.646. The molecule has 0 aliphatic heterocycles. The number of nitro groups is 1. The molecule has 2 aromatic rings. The number of methoxy groups -OCH3 is 1. The highest BCUT2D eigenvalue weighted by Gasteiger charge is 2.21. The van der Waals surface area contributed by atoms with Gasteiger partial charge in [0.1, 0.15) is 0 Å². The molecule has 27 heavy (non-hydrogen) atoms. The zero-order valence-electron chi connectivity index (χ0n) is 14.4. The van der Waals surface area contributed by atoms with Crippen LogP contribution >= 0.6 is 23.2 Å².